The van der Waals surface area contributed by atoms with Gasteiger partial charge in [-0.2, -0.15) is 5.10 Å². The smallest absolute Gasteiger partial charge is 0.303 e. The molecular formula is C16H18FN3O3. The number of aryl methyl sites for hydroxylation is 1. The summed E-state index contributed by atoms with van der Waals surface area (Å²) in [7, 11) is 1.75. The van der Waals surface area contributed by atoms with Gasteiger partial charge in [-0.15, -0.1) is 0 Å². The topological polar surface area (TPSA) is 84.2 Å². The van der Waals surface area contributed by atoms with Crippen LogP contribution in [0.1, 0.15) is 24.8 Å². The number of carbonyl (C=O) groups excluding carboxylic acids is 1. The van der Waals surface area contributed by atoms with E-state index in [1.54, 1.807) is 30.1 Å². The number of carboxylic acids is 1. The lowest BCUT2D eigenvalue weighted by Gasteiger charge is -2.05. The van der Waals surface area contributed by atoms with E-state index in [1.807, 2.05) is 0 Å². The second-order valence-corrected chi connectivity index (χ2v) is 5.21. The fraction of sp³-hybridized carbons (Fsp3) is 0.312. The van der Waals surface area contributed by atoms with Crippen molar-refractivity contribution in [2.24, 2.45) is 7.05 Å². The summed E-state index contributed by atoms with van der Waals surface area (Å²) in [5.74, 6) is -1.49. The minimum atomic E-state index is -0.918. The maximum absolute atomic E-state index is 13.4. The molecule has 0 saturated heterocycles. The number of carboxylic acid groups (broad SMARTS) is 1. The van der Waals surface area contributed by atoms with Crippen LogP contribution < -0.4 is 5.32 Å². The number of nitrogens with one attached hydrogen (secondary N) is 1. The standard InChI is InChI=1S/C16H18FN3O3/c1-20-10-12(9-18-14(21)6-3-7-15(22)23)16(19-20)11-4-2-5-13(17)8-11/h2,4-5,8,10H,3,6-7,9H2,1H3,(H,18,21)(H,22,23). The lowest BCUT2D eigenvalue weighted by molar-refractivity contribution is -0.137. The quantitative estimate of drug-likeness (QED) is 0.818. The number of hydrogen-bond acceptors (Lipinski definition) is 3. The van der Waals surface area contributed by atoms with Crippen molar-refractivity contribution in [3.05, 3.63) is 41.8 Å². The molecule has 1 heterocycles. The second kappa shape index (κ2) is 7.53. The Morgan fingerprint density at radius 3 is 2.83 bits per heavy atom. The molecule has 1 aromatic heterocycles. The van der Waals surface area contributed by atoms with Gasteiger partial charge in [0.05, 0.1) is 5.69 Å². The van der Waals surface area contributed by atoms with Crippen molar-refractivity contribution in [2.45, 2.75) is 25.8 Å². The van der Waals surface area contributed by atoms with E-state index in [2.05, 4.69) is 10.4 Å². The molecule has 0 unspecified atom stereocenters. The molecule has 0 atom stereocenters. The molecule has 2 aromatic rings. The number of aliphatic carboxylic acids is 1. The van der Waals surface area contributed by atoms with Gasteiger partial charge in [0, 0.05) is 43.8 Å². The van der Waals surface area contributed by atoms with Crippen LogP contribution in [0.3, 0.4) is 0 Å². The largest absolute Gasteiger partial charge is 0.481 e. The minimum absolute atomic E-state index is 0.0329. The second-order valence-electron chi connectivity index (χ2n) is 5.21. The van der Waals surface area contributed by atoms with Crippen LogP contribution >= 0.6 is 0 Å². The first-order chi connectivity index (χ1) is 11.0. The Balaban J connectivity index is 2.01. The van der Waals surface area contributed by atoms with Crippen molar-refractivity contribution in [3.63, 3.8) is 0 Å². The summed E-state index contributed by atoms with van der Waals surface area (Å²) in [4.78, 5) is 22.1. The highest BCUT2D eigenvalue weighted by Crippen LogP contribution is 2.22. The molecule has 122 valence electrons. The number of hydrogen-bond donors (Lipinski definition) is 2. The van der Waals surface area contributed by atoms with E-state index in [0.717, 1.165) is 5.56 Å². The van der Waals surface area contributed by atoms with E-state index >= 15 is 0 Å². The number of amides is 1. The van der Waals surface area contributed by atoms with Gasteiger partial charge in [-0.3, -0.25) is 14.3 Å². The van der Waals surface area contributed by atoms with Crippen LogP contribution in [0.2, 0.25) is 0 Å². The van der Waals surface area contributed by atoms with Gasteiger partial charge >= 0.3 is 5.97 Å². The van der Waals surface area contributed by atoms with Crippen LogP contribution in [0.25, 0.3) is 11.3 Å². The van der Waals surface area contributed by atoms with Crippen molar-refractivity contribution < 1.29 is 19.1 Å². The lowest BCUT2D eigenvalue weighted by Crippen LogP contribution is -2.22. The van der Waals surface area contributed by atoms with Gasteiger partial charge in [-0.25, -0.2) is 4.39 Å². The maximum Gasteiger partial charge on any atom is 0.303 e. The number of halogens is 1. The first-order valence-electron chi connectivity index (χ1n) is 7.22. The fourth-order valence-electron chi connectivity index (χ4n) is 2.23. The Kier molecular flexibility index (Phi) is 5.46. The minimum Gasteiger partial charge on any atom is -0.481 e. The van der Waals surface area contributed by atoms with Crippen LogP contribution in [0.4, 0.5) is 4.39 Å². The number of benzene rings is 1. The Morgan fingerprint density at radius 1 is 1.35 bits per heavy atom. The molecule has 0 spiro atoms. The van der Waals surface area contributed by atoms with Crippen molar-refractivity contribution >= 4 is 11.9 Å². The molecule has 0 bridgehead atoms. The van der Waals surface area contributed by atoms with Crippen molar-refractivity contribution in [2.75, 3.05) is 0 Å². The van der Waals surface area contributed by atoms with Crippen molar-refractivity contribution in [1.82, 2.24) is 15.1 Å². The van der Waals surface area contributed by atoms with Gasteiger partial charge in [0.25, 0.3) is 0 Å². The summed E-state index contributed by atoms with van der Waals surface area (Å²) in [6.07, 6.45) is 2.18. The highest BCUT2D eigenvalue weighted by atomic mass is 19.1. The molecule has 6 nitrogen and oxygen atoms in total. The highest BCUT2D eigenvalue weighted by Gasteiger charge is 2.12. The Bertz CT molecular complexity index is 712. The molecule has 2 N–H and O–H groups in total. The van der Waals surface area contributed by atoms with Gasteiger partial charge in [0.15, 0.2) is 0 Å². The molecule has 0 fully saturated rings. The summed E-state index contributed by atoms with van der Waals surface area (Å²) in [5, 5.41) is 15.6. The molecular weight excluding hydrogens is 301 g/mol. The van der Waals surface area contributed by atoms with Crippen LogP contribution in [-0.2, 0) is 23.2 Å². The predicted molar refractivity (Wildman–Crippen MR) is 81.9 cm³/mol. The van der Waals surface area contributed by atoms with Gasteiger partial charge in [-0.05, 0) is 18.6 Å². The molecule has 1 amide bonds. The zero-order chi connectivity index (χ0) is 16.8. The van der Waals surface area contributed by atoms with Gasteiger partial charge in [0.2, 0.25) is 5.91 Å². The number of rotatable bonds is 7. The van der Waals surface area contributed by atoms with Crippen molar-refractivity contribution in [3.8, 4) is 11.3 Å². The molecule has 0 aliphatic rings. The Hall–Kier alpha value is -2.70. The van der Waals surface area contributed by atoms with E-state index in [4.69, 9.17) is 5.11 Å². The predicted octanol–water partition coefficient (Wildman–Crippen LogP) is 2.10. The lowest BCUT2D eigenvalue weighted by atomic mass is 10.1. The number of aromatic nitrogens is 2. The van der Waals surface area contributed by atoms with Gasteiger partial charge in [-0.1, -0.05) is 12.1 Å². The van der Waals surface area contributed by atoms with E-state index in [-0.39, 0.29) is 31.1 Å². The molecule has 7 heteroatoms. The third-order valence-electron chi connectivity index (χ3n) is 3.27. The highest BCUT2D eigenvalue weighted by molar-refractivity contribution is 5.77. The molecule has 2 rings (SSSR count). The van der Waals surface area contributed by atoms with Crippen LogP contribution in [0.15, 0.2) is 30.5 Å². The zero-order valence-electron chi connectivity index (χ0n) is 12.8. The summed E-state index contributed by atoms with van der Waals surface area (Å²) in [5.41, 5.74) is 2.02. The average Bonchev–Trinajstić information content (AvgIpc) is 2.86. The normalized spacial score (nSPS) is 10.5. The molecule has 23 heavy (non-hydrogen) atoms. The first-order valence-corrected chi connectivity index (χ1v) is 7.22. The molecule has 0 radical (unpaired) electrons. The van der Waals surface area contributed by atoms with Gasteiger partial charge in [0.1, 0.15) is 5.82 Å². The van der Waals surface area contributed by atoms with E-state index in [9.17, 15) is 14.0 Å². The SMILES string of the molecule is Cn1cc(CNC(=O)CCCC(=O)O)c(-c2cccc(F)c2)n1. The summed E-state index contributed by atoms with van der Waals surface area (Å²) < 4.78 is 15.0. The molecule has 0 aliphatic heterocycles. The maximum atomic E-state index is 13.4. The Morgan fingerprint density at radius 2 is 2.13 bits per heavy atom. The summed E-state index contributed by atoms with van der Waals surface area (Å²) >= 11 is 0. The fourth-order valence-corrected chi connectivity index (χ4v) is 2.23. The zero-order valence-corrected chi connectivity index (χ0v) is 12.8. The molecule has 0 saturated carbocycles. The van der Waals surface area contributed by atoms with Crippen LogP contribution in [0.5, 0.6) is 0 Å². The first kappa shape index (κ1) is 16.7. The Labute approximate surface area is 132 Å². The van der Waals surface area contributed by atoms with E-state index < -0.39 is 5.97 Å². The summed E-state index contributed by atoms with van der Waals surface area (Å²) in [6, 6.07) is 6.11. The summed E-state index contributed by atoms with van der Waals surface area (Å²) in [6.45, 7) is 0.256. The van der Waals surface area contributed by atoms with Gasteiger partial charge < -0.3 is 10.4 Å². The van der Waals surface area contributed by atoms with Crippen molar-refractivity contribution in [1.29, 1.82) is 0 Å². The van der Waals surface area contributed by atoms with E-state index in [1.165, 1.54) is 12.1 Å². The third-order valence-corrected chi connectivity index (χ3v) is 3.27. The number of carbonyl (C=O) groups is 2. The van der Waals surface area contributed by atoms with Crippen LogP contribution in [0, 0.1) is 5.82 Å². The third kappa shape index (κ3) is 4.91. The number of nitrogens with zero attached hydrogens (tertiary/aromatic N) is 2. The molecule has 1 aromatic carbocycles. The monoisotopic (exact) mass is 319 g/mol. The van der Waals surface area contributed by atoms with Crippen LogP contribution in [-0.4, -0.2) is 26.8 Å². The molecule has 0 aliphatic carbocycles. The average molecular weight is 319 g/mol. The van der Waals surface area contributed by atoms with E-state index in [0.29, 0.717) is 17.7 Å².